The summed E-state index contributed by atoms with van der Waals surface area (Å²) in [7, 11) is 3.23. The summed E-state index contributed by atoms with van der Waals surface area (Å²) in [6.07, 6.45) is 4.36. The van der Waals surface area contributed by atoms with Gasteiger partial charge in [0.15, 0.2) is 17.1 Å². The Labute approximate surface area is 199 Å². The molecule has 34 heavy (non-hydrogen) atoms. The molecule has 2 aromatic heterocycles. The Hall–Kier alpha value is -3.46. The Kier molecular flexibility index (Phi) is 6.83. The van der Waals surface area contributed by atoms with Gasteiger partial charge in [0.2, 0.25) is 11.9 Å². The van der Waals surface area contributed by atoms with Crippen LogP contribution in [0, 0.1) is 5.41 Å². The molecule has 9 heteroatoms. The lowest BCUT2D eigenvalue weighted by molar-refractivity contribution is -0.129. The van der Waals surface area contributed by atoms with E-state index in [1.54, 1.807) is 26.6 Å². The van der Waals surface area contributed by atoms with Gasteiger partial charge in [-0.25, -0.2) is 9.97 Å². The lowest BCUT2D eigenvalue weighted by atomic mass is 9.95. The predicted molar refractivity (Wildman–Crippen MR) is 132 cm³/mol. The van der Waals surface area contributed by atoms with Gasteiger partial charge in [0.25, 0.3) is 0 Å². The molecule has 0 saturated carbocycles. The molecule has 180 valence electrons. The third-order valence-corrected chi connectivity index (χ3v) is 5.80. The average Bonchev–Trinajstić information content (AvgIpc) is 3.08. The maximum Gasteiger partial charge on any atom is 0.227 e. The zero-order chi connectivity index (χ0) is 24.3. The van der Waals surface area contributed by atoms with Crippen LogP contribution in [0.15, 0.2) is 36.7 Å². The van der Waals surface area contributed by atoms with E-state index < -0.39 is 5.41 Å². The molecule has 1 fully saturated rings. The van der Waals surface area contributed by atoms with Crippen molar-refractivity contribution in [3.05, 3.63) is 36.7 Å². The Morgan fingerprint density at radius 1 is 1.09 bits per heavy atom. The lowest BCUT2D eigenvalue weighted by Crippen LogP contribution is -2.53. The molecule has 3 aromatic rings. The van der Waals surface area contributed by atoms with Crippen LogP contribution in [0.2, 0.25) is 0 Å². The Morgan fingerprint density at radius 2 is 1.88 bits per heavy atom. The van der Waals surface area contributed by atoms with Crippen LogP contribution in [0.3, 0.4) is 0 Å². The fraction of sp³-hybridized carbons (Fsp3) is 0.440. The van der Waals surface area contributed by atoms with Crippen molar-refractivity contribution < 1.29 is 14.3 Å². The average molecular weight is 465 g/mol. The van der Waals surface area contributed by atoms with Crippen LogP contribution in [0.25, 0.3) is 22.2 Å². The largest absolute Gasteiger partial charge is 0.493 e. The molecule has 1 unspecified atom stereocenters. The molecule has 0 radical (unpaired) electrons. The number of aromatic nitrogens is 3. The smallest absolute Gasteiger partial charge is 0.227 e. The van der Waals surface area contributed by atoms with E-state index in [0.29, 0.717) is 29.6 Å². The summed E-state index contributed by atoms with van der Waals surface area (Å²) in [5, 5.41) is 7.35. The number of benzene rings is 1. The van der Waals surface area contributed by atoms with Crippen LogP contribution in [-0.4, -0.2) is 60.9 Å². The standard InChI is InChI=1S/C25H32N6O3/c1-25(2,3)23(32)29-21-15-31(10-6-9-26-21)24-28-14-18-11-17(13-27-22(18)30-24)16-7-8-19(33-4)20(12-16)34-5/h7-8,11-14,21,26H,6,9-10,15H2,1-5H3,(H,29,32). The summed E-state index contributed by atoms with van der Waals surface area (Å²) in [6, 6.07) is 7.78. The van der Waals surface area contributed by atoms with Crippen molar-refractivity contribution in [3.63, 3.8) is 0 Å². The van der Waals surface area contributed by atoms with Crippen LogP contribution in [-0.2, 0) is 4.79 Å². The number of hydrogen-bond donors (Lipinski definition) is 2. The van der Waals surface area contributed by atoms with Gasteiger partial charge < -0.3 is 19.7 Å². The molecule has 1 atom stereocenters. The Morgan fingerprint density at radius 3 is 2.62 bits per heavy atom. The summed E-state index contributed by atoms with van der Waals surface area (Å²) < 4.78 is 10.8. The van der Waals surface area contributed by atoms with Crippen LogP contribution in [0.5, 0.6) is 11.5 Å². The molecule has 1 aliphatic heterocycles. The van der Waals surface area contributed by atoms with Gasteiger partial charge in [-0.3, -0.25) is 10.1 Å². The molecule has 0 spiro atoms. The number of rotatable bonds is 5. The summed E-state index contributed by atoms with van der Waals surface area (Å²) in [5.41, 5.74) is 2.08. The predicted octanol–water partition coefficient (Wildman–Crippen LogP) is 3.00. The minimum Gasteiger partial charge on any atom is -0.493 e. The number of carbonyl (C=O) groups excluding carboxylic acids is 1. The summed E-state index contributed by atoms with van der Waals surface area (Å²) in [5.74, 6) is 1.96. The van der Waals surface area contributed by atoms with Gasteiger partial charge >= 0.3 is 0 Å². The maximum atomic E-state index is 12.5. The molecule has 9 nitrogen and oxygen atoms in total. The minimum absolute atomic E-state index is 0.00985. The van der Waals surface area contributed by atoms with Gasteiger partial charge in [0.1, 0.15) is 0 Å². The van der Waals surface area contributed by atoms with Crippen LogP contribution < -0.4 is 25.0 Å². The number of amides is 1. The van der Waals surface area contributed by atoms with E-state index in [2.05, 4.69) is 25.5 Å². The number of methoxy groups -OCH3 is 2. The zero-order valence-electron chi connectivity index (χ0n) is 20.4. The molecule has 3 heterocycles. The second-order valence-corrected chi connectivity index (χ2v) is 9.41. The van der Waals surface area contributed by atoms with Crippen LogP contribution >= 0.6 is 0 Å². The van der Waals surface area contributed by atoms with E-state index >= 15 is 0 Å². The lowest BCUT2D eigenvalue weighted by Gasteiger charge is -2.27. The summed E-state index contributed by atoms with van der Waals surface area (Å²) in [6.45, 7) is 7.91. The van der Waals surface area contributed by atoms with Crippen LogP contribution in [0.1, 0.15) is 27.2 Å². The number of carbonyl (C=O) groups is 1. The second kappa shape index (κ2) is 9.80. The van der Waals surface area contributed by atoms with Crippen molar-refractivity contribution in [2.75, 3.05) is 38.8 Å². The van der Waals surface area contributed by atoms with Gasteiger partial charge in [-0.1, -0.05) is 26.8 Å². The highest BCUT2D eigenvalue weighted by Crippen LogP contribution is 2.32. The molecule has 2 N–H and O–H groups in total. The fourth-order valence-corrected chi connectivity index (χ4v) is 3.82. The number of hydrogen-bond acceptors (Lipinski definition) is 8. The summed E-state index contributed by atoms with van der Waals surface area (Å²) >= 11 is 0. The number of nitrogens with one attached hydrogen (secondary N) is 2. The number of anilines is 1. The van der Waals surface area contributed by atoms with Gasteiger partial charge in [-0.05, 0) is 36.7 Å². The quantitative estimate of drug-likeness (QED) is 0.594. The van der Waals surface area contributed by atoms with Crippen LogP contribution in [0.4, 0.5) is 5.95 Å². The number of nitrogens with zero attached hydrogens (tertiary/aromatic N) is 4. The monoisotopic (exact) mass is 464 g/mol. The molecule has 1 aromatic carbocycles. The fourth-order valence-electron chi connectivity index (χ4n) is 3.82. The van der Waals surface area contributed by atoms with E-state index in [4.69, 9.17) is 14.5 Å². The first-order valence-electron chi connectivity index (χ1n) is 11.4. The van der Waals surface area contributed by atoms with Crippen molar-refractivity contribution in [1.82, 2.24) is 25.6 Å². The van der Waals surface area contributed by atoms with E-state index in [1.807, 2.05) is 45.0 Å². The first-order valence-corrected chi connectivity index (χ1v) is 11.4. The van der Waals surface area contributed by atoms with Crippen molar-refractivity contribution in [2.45, 2.75) is 33.4 Å². The molecule has 1 amide bonds. The Bertz CT molecular complexity index is 1180. The molecule has 1 saturated heterocycles. The van der Waals surface area contributed by atoms with Gasteiger partial charge in [-0.2, -0.15) is 4.98 Å². The van der Waals surface area contributed by atoms with Crippen molar-refractivity contribution in [3.8, 4) is 22.6 Å². The zero-order valence-corrected chi connectivity index (χ0v) is 20.4. The third kappa shape index (κ3) is 5.20. The van der Waals surface area contributed by atoms with E-state index in [-0.39, 0.29) is 12.1 Å². The molecular weight excluding hydrogens is 432 g/mol. The minimum atomic E-state index is -0.451. The molecule has 0 bridgehead atoms. The highest BCUT2D eigenvalue weighted by molar-refractivity contribution is 5.82. The van der Waals surface area contributed by atoms with E-state index in [9.17, 15) is 4.79 Å². The molecular formula is C25H32N6O3. The third-order valence-electron chi connectivity index (χ3n) is 5.80. The first-order chi connectivity index (χ1) is 16.3. The van der Waals surface area contributed by atoms with Crippen molar-refractivity contribution >= 4 is 22.9 Å². The van der Waals surface area contributed by atoms with Crippen molar-refractivity contribution in [1.29, 1.82) is 0 Å². The van der Waals surface area contributed by atoms with E-state index in [1.165, 1.54) is 0 Å². The van der Waals surface area contributed by atoms with Gasteiger partial charge in [-0.15, -0.1) is 0 Å². The molecule has 1 aliphatic rings. The Balaban J connectivity index is 1.56. The summed E-state index contributed by atoms with van der Waals surface area (Å²) in [4.78, 5) is 28.5. The number of pyridine rings is 1. The first kappa shape index (κ1) is 23.7. The van der Waals surface area contributed by atoms with Gasteiger partial charge in [0.05, 0.1) is 26.9 Å². The maximum absolute atomic E-state index is 12.5. The normalized spacial score (nSPS) is 16.7. The number of ether oxygens (including phenoxy) is 2. The van der Waals surface area contributed by atoms with Crippen molar-refractivity contribution in [2.24, 2.45) is 5.41 Å². The SMILES string of the molecule is COc1ccc(-c2cnc3nc(N4CCCNC(NC(=O)C(C)(C)C)C4)ncc3c2)cc1OC. The van der Waals surface area contributed by atoms with Gasteiger partial charge in [0, 0.05) is 35.3 Å². The molecule has 0 aliphatic carbocycles. The number of fused-ring (bicyclic) bond motifs is 1. The highest BCUT2D eigenvalue weighted by Gasteiger charge is 2.27. The topological polar surface area (TPSA) is 102 Å². The molecule has 4 rings (SSSR count). The second-order valence-electron chi connectivity index (χ2n) is 9.41. The van der Waals surface area contributed by atoms with E-state index in [0.717, 1.165) is 36.0 Å². The highest BCUT2D eigenvalue weighted by atomic mass is 16.5.